The first-order chi connectivity index (χ1) is 20.1. The molecule has 0 heterocycles. The number of ether oxygens (including phenoxy) is 1. The molecule has 0 aliphatic heterocycles. The predicted octanol–water partition coefficient (Wildman–Crippen LogP) is 5.97. The molecule has 0 aliphatic carbocycles. The number of sulfonamides is 1. The molecule has 2 amide bonds. The summed E-state index contributed by atoms with van der Waals surface area (Å²) in [5.74, 6) is -0.231. The van der Waals surface area contributed by atoms with E-state index in [1.165, 1.54) is 17.0 Å². The molecule has 3 aromatic rings. The summed E-state index contributed by atoms with van der Waals surface area (Å²) >= 11 is 6.08. The lowest BCUT2D eigenvalue weighted by Crippen LogP contribution is -2.52. The fourth-order valence-corrected chi connectivity index (χ4v) is 5.99. The monoisotopic (exact) mass is 613 g/mol. The molecule has 0 aromatic heterocycles. The normalized spacial score (nSPS) is 11.9. The van der Waals surface area contributed by atoms with Gasteiger partial charge in [0.25, 0.3) is 10.0 Å². The number of unbranched alkanes of at least 4 members (excludes halogenated alkanes) is 1. The van der Waals surface area contributed by atoms with Gasteiger partial charge in [0.05, 0.1) is 17.2 Å². The van der Waals surface area contributed by atoms with Crippen molar-refractivity contribution in [3.63, 3.8) is 0 Å². The standard InChI is InChI=1S/C32H40ClN3O5S/c1-5-8-21-34-32(38)30(6-2)35(22-25-11-13-26(33)14-12-25)31(37)23-36(27-15-9-24(4)10-16-27)42(39,40)29-19-17-28(18-20-29)41-7-3/h9-20,30H,5-8,21-23H2,1-4H3,(H,34,38). The van der Waals surface area contributed by atoms with Gasteiger partial charge in [-0.25, -0.2) is 8.42 Å². The highest BCUT2D eigenvalue weighted by Crippen LogP contribution is 2.27. The second kappa shape index (κ2) is 15.6. The van der Waals surface area contributed by atoms with Crippen LogP contribution in [0.5, 0.6) is 5.75 Å². The Hall–Kier alpha value is -3.56. The highest BCUT2D eigenvalue weighted by molar-refractivity contribution is 7.92. The van der Waals surface area contributed by atoms with Crippen molar-refractivity contribution in [2.24, 2.45) is 0 Å². The van der Waals surface area contributed by atoms with E-state index in [1.807, 2.05) is 27.7 Å². The molecule has 42 heavy (non-hydrogen) atoms. The zero-order valence-corrected chi connectivity index (χ0v) is 26.2. The molecule has 0 spiro atoms. The molecule has 0 aliphatic rings. The number of benzene rings is 3. The lowest BCUT2D eigenvalue weighted by atomic mass is 10.1. The second-order valence-electron chi connectivity index (χ2n) is 9.97. The van der Waals surface area contributed by atoms with Crippen LogP contribution in [0.4, 0.5) is 5.69 Å². The smallest absolute Gasteiger partial charge is 0.264 e. The van der Waals surface area contributed by atoms with Gasteiger partial charge < -0.3 is 15.0 Å². The molecule has 3 aromatic carbocycles. The van der Waals surface area contributed by atoms with Crippen LogP contribution in [0.2, 0.25) is 5.02 Å². The Morgan fingerprint density at radius 3 is 2.14 bits per heavy atom. The number of halogens is 1. The summed E-state index contributed by atoms with van der Waals surface area (Å²) in [5.41, 5.74) is 2.06. The third-order valence-corrected chi connectivity index (χ3v) is 8.85. The van der Waals surface area contributed by atoms with Crippen molar-refractivity contribution in [2.75, 3.05) is 24.0 Å². The number of nitrogens with one attached hydrogen (secondary N) is 1. The van der Waals surface area contributed by atoms with Crippen LogP contribution >= 0.6 is 11.6 Å². The van der Waals surface area contributed by atoms with Crippen molar-refractivity contribution in [1.29, 1.82) is 0 Å². The van der Waals surface area contributed by atoms with Crippen LogP contribution in [-0.2, 0) is 26.2 Å². The van der Waals surface area contributed by atoms with E-state index in [2.05, 4.69) is 5.32 Å². The number of carbonyl (C=O) groups excluding carboxylic acids is 2. The van der Waals surface area contributed by atoms with Gasteiger partial charge in [0.2, 0.25) is 11.8 Å². The molecule has 1 atom stereocenters. The van der Waals surface area contributed by atoms with Gasteiger partial charge in [0.1, 0.15) is 18.3 Å². The van der Waals surface area contributed by atoms with Crippen LogP contribution < -0.4 is 14.4 Å². The first kappa shape index (κ1) is 32.9. The topological polar surface area (TPSA) is 96.0 Å². The van der Waals surface area contributed by atoms with Crippen molar-refractivity contribution in [1.82, 2.24) is 10.2 Å². The van der Waals surface area contributed by atoms with Crippen LogP contribution in [0.15, 0.2) is 77.7 Å². The van der Waals surface area contributed by atoms with E-state index in [0.29, 0.717) is 36.0 Å². The molecule has 226 valence electrons. The van der Waals surface area contributed by atoms with Crippen molar-refractivity contribution in [3.8, 4) is 5.75 Å². The average Bonchev–Trinajstić information content (AvgIpc) is 2.98. The number of amides is 2. The van der Waals surface area contributed by atoms with Gasteiger partial charge in [-0.15, -0.1) is 0 Å². The number of anilines is 1. The Kier molecular flexibility index (Phi) is 12.2. The minimum Gasteiger partial charge on any atom is -0.494 e. The summed E-state index contributed by atoms with van der Waals surface area (Å²) in [5, 5.41) is 3.48. The highest BCUT2D eigenvalue weighted by atomic mass is 35.5. The maximum absolute atomic E-state index is 14.1. The minimum atomic E-state index is -4.16. The first-order valence-corrected chi connectivity index (χ1v) is 16.1. The van der Waals surface area contributed by atoms with E-state index in [4.69, 9.17) is 16.3 Å². The SMILES string of the molecule is CCCCNC(=O)C(CC)N(Cc1ccc(Cl)cc1)C(=O)CN(c1ccc(C)cc1)S(=O)(=O)c1ccc(OCC)cc1. The maximum Gasteiger partial charge on any atom is 0.264 e. The summed E-state index contributed by atoms with van der Waals surface area (Å²) < 4.78 is 34.6. The lowest BCUT2D eigenvalue weighted by molar-refractivity contribution is -0.140. The molecule has 0 saturated carbocycles. The van der Waals surface area contributed by atoms with E-state index < -0.39 is 28.5 Å². The molecular weight excluding hydrogens is 574 g/mol. The zero-order valence-electron chi connectivity index (χ0n) is 24.7. The maximum atomic E-state index is 14.1. The van der Waals surface area contributed by atoms with Crippen LogP contribution in [0.1, 0.15) is 51.2 Å². The summed E-state index contributed by atoms with van der Waals surface area (Å²) in [6, 6.07) is 19.3. The van der Waals surface area contributed by atoms with E-state index in [9.17, 15) is 18.0 Å². The zero-order chi connectivity index (χ0) is 30.7. The van der Waals surface area contributed by atoms with Gasteiger partial charge >= 0.3 is 0 Å². The average molecular weight is 614 g/mol. The van der Waals surface area contributed by atoms with Crippen molar-refractivity contribution in [2.45, 2.75) is 64.4 Å². The second-order valence-corrected chi connectivity index (χ2v) is 12.3. The summed E-state index contributed by atoms with van der Waals surface area (Å²) in [6.07, 6.45) is 2.09. The lowest BCUT2D eigenvalue weighted by Gasteiger charge is -2.33. The fraction of sp³-hybridized carbons (Fsp3) is 0.375. The first-order valence-electron chi connectivity index (χ1n) is 14.2. The minimum absolute atomic E-state index is 0.0212. The molecule has 0 radical (unpaired) electrons. The number of nitrogens with zero attached hydrogens (tertiary/aromatic N) is 2. The predicted molar refractivity (Wildman–Crippen MR) is 167 cm³/mol. The summed E-state index contributed by atoms with van der Waals surface area (Å²) in [4.78, 5) is 28.9. The van der Waals surface area contributed by atoms with E-state index >= 15 is 0 Å². The Labute approximate surface area is 254 Å². The van der Waals surface area contributed by atoms with Crippen molar-refractivity contribution >= 4 is 39.1 Å². The van der Waals surface area contributed by atoms with Crippen molar-refractivity contribution in [3.05, 3.63) is 88.9 Å². The molecule has 1 unspecified atom stereocenters. The number of hydrogen-bond donors (Lipinski definition) is 1. The third-order valence-electron chi connectivity index (χ3n) is 6.81. The van der Waals surface area contributed by atoms with E-state index in [-0.39, 0.29) is 17.3 Å². The van der Waals surface area contributed by atoms with Crippen molar-refractivity contribution < 1.29 is 22.7 Å². The molecule has 0 bridgehead atoms. The largest absolute Gasteiger partial charge is 0.494 e. The number of aryl methyl sites for hydroxylation is 1. The van der Waals surface area contributed by atoms with Crippen LogP contribution in [0, 0.1) is 6.92 Å². The van der Waals surface area contributed by atoms with Gasteiger partial charge in [-0.1, -0.05) is 61.7 Å². The molecular formula is C32H40ClN3O5S. The Balaban J connectivity index is 2.02. The number of rotatable bonds is 15. The van der Waals surface area contributed by atoms with Crippen LogP contribution in [-0.4, -0.2) is 50.9 Å². The van der Waals surface area contributed by atoms with Gasteiger partial charge in [-0.3, -0.25) is 13.9 Å². The highest BCUT2D eigenvalue weighted by Gasteiger charge is 2.33. The van der Waals surface area contributed by atoms with Gasteiger partial charge in [0.15, 0.2) is 0 Å². The molecule has 0 fully saturated rings. The molecule has 3 rings (SSSR count). The number of carbonyl (C=O) groups is 2. The fourth-order valence-electron chi connectivity index (χ4n) is 4.45. The quantitative estimate of drug-likeness (QED) is 0.213. The third kappa shape index (κ3) is 8.72. The van der Waals surface area contributed by atoms with Gasteiger partial charge in [-0.05, 0) is 80.8 Å². The molecule has 10 heteroatoms. The van der Waals surface area contributed by atoms with E-state index in [1.54, 1.807) is 60.7 Å². The summed E-state index contributed by atoms with van der Waals surface area (Å²) in [7, 11) is -4.16. The summed E-state index contributed by atoms with van der Waals surface area (Å²) in [6.45, 7) is 8.17. The number of hydrogen-bond acceptors (Lipinski definition) is 5. The Morgan fingerprint density at radius 2 is 1.57 bits per heavy atom. The molecule has 0 saturated heterocycles. The van der Waals surface area contributed by atoms with Crippen LogP contribution in [0.25, 0.3) is 0 Å². The van der Waals surface area contributed by atoms with E-state index in [0.717, 1.165) is 28.3 Å². The Morgan fingerprint density at radius 1 is 0.929 bits per heavy atom. The molecule has 8 nitrogen and oxygen atoms in total. The Bertz CT molecular complexity index is 1410. The van der Waals surface area contributed by atoms with Gasteiger partial charge in [-0.2, -0.15) is 0 Å². The van der Waals surface area contributed by atoms with Crippen LogP contribution in [0.3, 0.4) is 0 Å². The van der Waals surface area contributed by atoms with Gasteiger partial charge in [0, 0.05) is 18.1 Å². The molecule has 1 N–H and O–H groups in total.